The highest BCUT2D eigenvalue weighted by Gasteiger charge is 2.21. The fraction of sp³-hybridized carbons (Fsp3) is 0.519. The van der Waals surface area contributed by atoms with Gasteiger partial charge in [-0.3, -0.25) is 34.1 Å². The third-order valence-corrected chi connectivity index (χ3v) is 12.4. The van der Waals surface area contributed by atoms with E-state index in [0.717, 1.165) is 74.9 Å². The van der Waals surface area contributed by atoms with Gasteiger partial charge < -0.3 is 19.6 Å². The van der Waals surface area contributed by atoms with E-state index in [1.165, 1.54) is 35.4 Å². The molecule has 3 rings (SSSR count). The van der Waals surface area contributed by atoms with Crippen LogP contribution in [0.1, 0.15) is 206 Å². The number of amides is 4. The molecule has 0 saturated heterocycles. The van der Waals surface area contributed by atoms with E-state index in [0.29, 0.717) is 13.1 Å². The summed E-state index contributed by atoms with van der Waals surface area (Å²) in [5, 5.41) is 0. The van der Waals surface area contributed by atoms with Gasteiger partial charge in [-0.25, -0.2) is 0 Å². The lowest BCUT2D eigenvalue weighted by Crippen LogP contribution is -2.36. The number of carbonyl (C=O) groups excluding carboxylic acids is 4. The molecule has 0 aliphatic heterocycles. The Balaban J connectivity index is -0.000000468. The first-order valence-corrected chi connectivity index (χ1v) is 30.9. The second-order valence-corrected chi connectivity index (χ2v) is 29.1. The van der Waals surface area contributed by atoms with E-state index in [1.807, 2.05) is 55.3 Å². The van der Waals surface area contributed by atoms with E-state index < -0.39 is 0 Å². The molecule has 0 N–H and O–H groups in total. The fourth-order valence-corrected chi connectivity index (χ4v) is 7.43. The molecule has 3 aromatic rings. The molecule has 0 bridgehead atoms. The van der Waals surface area contributed by atoms with Crippen LogP contribution in [0.4, 0.5) is 0 Å². The fourth-order valence-electron chi connectivity index (χ4n) is 7.43. The number of pyridine rings is 3. The maximum Gasteiger partial charge on any atom is 0.246 e. The number of aromatic nitrogens is 3. The molecule has 0 atom stereocenters. The second-order valence-electron chi connectivity index (χ2n) is 29.1. The average molecular weight is 1210 g/mol. The number of hydrogen-bond acceptors (Lipinski definition) is 7. The van der Waals surface area contributed by atoms with E-state index in [1.54, 1.807) is 51.3 Å². The van der Waals surface area contributed by atoms with Crippen molar-refractivity contribution in [1.29, 1.82) is 0 Å². The van der Waals surface area contributed by atoms with Gasteiger partial charge in [-0.2, -0.15) is 0 Å². The van der Waals surface area contributed by atoms with Gasteiger partial charge in [-0.05, 0) is 143 Å². The summed E-state index contributed by atoms with van der Waals surface area (Å²) in [5.74, 6) is 0.00292. The quantitative estimate of drug-likeness (QED) is 0.0866. The highest BCUT2D eigenvalue weighted by molar-refractivity contribution is 5.88. The van der Waals surface area contributed by atoms with Crippen LogP contribution in [0.3, 0.4) is 0 Å². The number of carbonyl (C=O) groups is 4. The van der Waals surface area contributed by atoms with Gasteiger partial charge in [0, 0.05) is 75.9 Å². The third-order valence-electron chi connectivity index (χ3n) is 12.4. The van der Waals surface area contributed by atoms with Crippen LogP contribution in [0.15, 0.2) is 151 Å². The summed E-state index contributed by atoms with van der Waals surface area (Å²) < 4.78 is 0. The molecule has 0 unspecified atom stereocenters. The molecule has 492 valence electrons. The molecule has 88 heavy (non-hydrogen) atoms. The maximum absolute atomic E-state index is 11.4. The van der Waals surface area contributed by atoms with Crippen LogP contribution in [-0.2, 0) is 35.4 Å². The number of hydrogen-bond donors (Lipinski definition) is 0. The Morgan fingerprint density at radius 1 is 0.432 bits per heavy atom. The maximum atomic E-state index is 11.4. The summed E-state index contributed by atoms with van der Waals surface area (Å²) in [6, 6.07) is 14.2. The molecular formula is C77H125N7O4. The summed E-state index contributed by atoms with van der Waals surface area (Å²) in [5.41, 5.74) is 7.83. The molecule has 0 spiro atoms. The Morgan fingerprint density at radius 3 is 1.22 bits per heavy atom. The Morgan fingerprint density at radius 2 is 0.852 bits per heavy atom. The van der Waals surface area contributed by atoms with Crippen molar-refractivity contribution in [2.75, 3.05) is 52.4 Å². The molecule has 11 heteroatoms. The highest BCUT2D eigenvalue weighted by atomic mass is 16.2. The molecule has 0 radical (unpaired) electrons. The van der Waals surface area contributed by atoms with Crippen LogP contribution in [-0.4, -0.2) is 111 Å². The molecule has 0 fully saturated rings. The van der Waals surface area contributed by atoms with Crippen LogP contribution in [0.2, 0.25) is 0 Å². The van der Waals surface area contributed by atoms with E-state index >= 15 is 0 Å². The van der Waals surface area contributed by atoms with Crippen molar-refractivity contribution >= 4 is 41.9 Å². The van der Waals surface area contributed by atoms with Gasteiger partial charge >= 0.3 is 0 Å². The predicted molar refractivity (Wildman–Crippen MR) is 385 cm³/mol. The molecule has 4 amide bonds. The van der Waals surface area contributed by atoms with Crippen LogP contribution in [0.5, 0.6) is 0 Å². The smallest absolute Gasteiger partial charge is 0.246 e. The van der Waals surface area contributed by atoms with E-state index in [2.05, 4.69) is 232 Å². The van der Waals surface area contributed by atoms with Crippen molar-refractivity contribution in [3.8, 4) is 0 Å². The monoisotopic (exact) mass is 1210 g/mol. The van der Waals surface area contributed by atoms with Gasteiger partial charge in [-0.15, -0.1) is 13.2 Å². The second kappa shape index (κ2) is 42.8. The summed E-state index contributed by atoms with van der Waals surface area (Å²) in [7, 11) is 0. The van der Waals surface area contributed by atoms with Crippen LogP contribution in [0, 0.1) is 21.7 Å². The standard InChI is InChI=1S/C12H21NO.C11H21NO.C11H19NO.3C11H15N.C10H19NO/c1-6-9-13(11(14)7-2)10-8-12(3,4)5;1-6-10(13)12(7-2)9-8-11(3,4)5;1-6-8-12(10(13)7-2)9-11(3,4)5;1-5-10-8-9(6-7-12-10)11(2,3)4;1-5-10-9(11(2,3)4)7-6-8-12-10;1-5-9-7-6-8-10(12-9)11(2,3)4;1-6-9(12)11(7-2)8-10(3,4)5/h6-7H,1-2,8-10H2,3-5H3;6H,1,7-9H2,2-5H3;6-7H,1-2,8-9H2,3-5H3;3*5-8H,1H2,2-4H3;6H,1,7-8H2,2-5H3. The minimum Gasteiger partial charge on any atom is -0.339 e. The highest BCUT2D eigenvalue weighted by Crippen LogP contribution is 2.26. The zero-order valence-electron chi connectivity index (χ0n) is 60.1. The molecule has 0 saturated carbocycles. The van der Waals surface area contributed by atoms with Crippen LogP contribution < -0.4 is 0 Å². The largest absolute Gasteiger partial charge is 0.339 e. The molecule has 0 aromatic carbocycles. The van der Waals surface area contributed by atoms with Crippen LogP contribution in [0.25, 0.3) is 18.2 Å². The van der Waals surface area contributed by atoms with Crippen molar-refractivity contribution in [1.82, 2.24) is 34.6 Å². The summed E-state index contributed by atoms with van der Waals surface area (Å²) >= 11 is 0. The Bertz CT molecular complexity index is 2550. The molecule has 3 heterocycles. The Labute approximate surface area is 539 Å². The van der Waals surface area contributed by atoms with E-state index in [-0.39, 0.29) is 61.5 Å². The molecule has 3 aromatic heterocycles. The number of nitrogens with zero attached hydrogens (tertiary/aromatic N) is 7. The van der Waals surface area contributed by atoms with Gasteiger partial charge in [-0.1, -0.05) is 216 Å². The van der Waals surface area contributed by atoms with Crippen molar-refractivity contribution in [2.45, 2.75) is 188 Å². The summed E-state index contributed by atoms with van der Waals surface area (Å²) in [6.45, 7) is 87.3. The zero-order chi connectivity index (χ0) is 69.5. The SMILES string of the molecule is C=CC(=O)N(CC)CC(C)(C)C.C=CC(=O)N(CC)CCC(C)(C)C.C=CCN(CC(C)(C)C)C(=O)C=C.C=CCN(CCC(C)(C)C)C(=O)C=C.C=Cc1cc(C(C)(C)C)ccn1.C=Cc1cccc(C(C)(C)C)n1.C=Cc1ncccc1C(C)(C)C. The van der Waals surface area contributed by atoms with Gasteiger partial charge in [0.15, 0.2) is 0 Å². The molecule has 11 nitrogen and oxygen atoms in total. The Hall–Kier alpha value is -7.01. The zero-order valence-corrected chi connectivity index (χ0v) is 60.1. The molecule has 0 aliphatic rings. The van der Waals surface area contributed by atoms with Crippen molar-refractivity contribution in [3.63, 3.8) is 0 Å². The number of likely N-dealkylation sites (N-methyl/N-ethyl adjacent to an activating group) is 2. The van der Waals surface area contributed by atoms with Gasteiger partial charge in [0.05, 0.1) is 17.1 Å². The first kappa shape index (κ1) is 87.4. The first-order valence-electron chi connectivity index (χ1n) is 30.9. The Kier molecular flexibility index (Phi) is 42.5. The van der Waals surface area contributed by atoms with E-state index in [9.17, 15) is 19.2 Å². The first-order chi connectivity index (χ1) is 40.2. The summed E-state index contributed by atoms with van der Waals surface area (Å²) in [4.78, 5) is 65.2. The lowest BCUT2D eigenvalue weighted by atomic mass is 9.86. The van der Waals surface area contributed by atoms with Gasteiger partial charge in [0.25, 0.3) is 0 Å². The van der Waals surface area contributed by atoms with E-state index in [4.69, 9.17) is 0 Å². The summed E-state index contributed by atoms with van der Waals surface area (Å²) in [6.07, 6.45) is 19.9. The minimum atomic E-state index is -0.0326. The average Bonchev–Trinajstić information content (AvgIpc) is 3.49. The topological polar surface area (TPSA) is 120 Å². The minimum absolute atomic E-state index is 0.0193. The molecule has 0 aliphatic carbocycles. The lowest BCUT2D eigenvalue weighted by Gasteiger charge is -2.28. The van der Waals surface area contributed by atoms with Gasteiger partial charge in [0.1, 0.15) is 0 Å². The normalized spacial score (nSPS) is 11.0. The predicted octanol–water partition coefficient (Wildman–Crippen LogP) is 18.4. The van der Waals surface area contributed by atoms with Crippen molar-refractivity contribution in [2.24, 2.45) is 21.7 Å². The van der Waals surface area contributed by atoms with Crippen molar-refractivity contribution < 1.29 is 19.2 Å². The van der Waals surface area contributed by atoms with Crippen LogP contribution >= 0.6 is 0 Å². The van der Waals surface area contributed by atoms with Crippen molar-refractivity contribution in [3.05, 3.63) is 184 Å². The lowest BCUT2D eigenvalue weighted by molar-refractivity contribution is -0.127. The molecular weight excluding hydrogens is 1090 g/mol. The third kappa shape index (κ3) is 44.4. The van der Waals surface area contributed by atoms with Gasteiger partial charge in [0.2, 0.25) is 23.6 Å². The number of rotatable bonds is 19.